The maximum atomic E-state index is 12.5. The Balaban J connectivity index is 1.69. The molecule has 2 aromatic carbocycles. The Hall–Kier alpha value is -2.67. The van der Waals surface area contributed by atoms with E-state index in [9.17, 15) is 9.59 Å². The molecule has 1 atom stereocenters. The van der Waals surface area contributed by atoms with Crippen LogP contribution in [0.15, 0.2) is 48.5 Å². The Morgan fingerprint density at radius 2 is 1.69 bits per heavy atom. The second kappa shape index (κ2) is 11.4. The largest absolute Gasteiger partial charge is 0.497 e. The smallest absolute Gasteiger partial charge is 0.235 e. The molecule has 0 fully saturated rings. The minimum Gasteiger partial charge on any atom is -0.497 e. The molecule has 1 unspecified atom stereocenters. The van der Waals surface area contributed by atoms with Gasteiger partial charge in [-0.1, -0.05) is 17.7 Å². The third-order valence-corrected chi connectivity index (χ3v) is 5.41. The third kappa shape index (κ3) is 7.69. The van der Waals surface area contributed by atoms with Gasteiger partial charge in [0, 0.05) is 12.7 Å². The van der Waals surface area contributed by atoms with Crippen molar-refractivity contribution in [1.29, 1.82) is 0 Å². The number of hydrogen-bond acceptors (Lipinski definition) is 5. The molecule has 156 valence electrons. The summed E-state index contributed by atoms with van der Waals surface area (Å²) in [6.07, 6.45) is 0. The molecule has 7 heteroatoms. The fourth-order valence-corrected chi connectivity index (χ4v) is 3.29. The number of ether oxygens (including phenoxy) is 2. The fourth-order valence-electron chi connectivity index (χ4n) is 2.50. The first kappa shape index (κ1) is 22.6. The van der Waals surface area contributed by atoms with Crippen LogP contribution in [-0.2, 0) is 9.59 Å². The van der Waals surface area contributed by atoms with Gasteiger partial charge in [-0.05, 0) is 50.2 Å². The van der Waals surface area contributed by atoms with Crippen molar-refractivity contribution in [1.82, 2.24) is 4.90 Å². The van der Waals surface area contributed by atoms with Gasteiger partial charge in [0.25, 0.3) is 0 Å². The molecule has 0 saturated heterocycles. The molecule has 0 spiro atoms. The van der Waals surface area contributed by atoms with Crippen LogP contribution in [0, 0.1) is 6.92 Å². The van der Waals surface area contributed by atoms with Crippen molar-refractivity contribution >= 4 is 29.3 Å². The van der Waals surface area contributed by atoms with Crippen LogP contribution in [0.5, 0.6) is 11.5 Å². The van der Waals surface area contributed by atoms with E-state index < -0.39 is 0 Å². The first-order chi connectivity index (χ1) is 13.9. The van der Waals surface area contributed by atoms with Crippen molar-refractivity contribution in [2.75, 3.05) is 38.4 Å². The minimum atomic E-state index is -0.315. The van der Waals surface area contributed by atoms with Crippen molar-refractivity contribution < 1.29 is 19.1 Å². The Labute approximate surface area is 176 Å². The van der Waals surface area contributed by atoms with Crippen molar-refractivity contribution in [2.24, 2.45) is 0 Å². The molecule has 0 aliphatic heterocycles. The highest BCUT2D eigenvalue weighted by Crippen LogP contribution is 2.17. The van der Waals surface area contributed by atoms with Crippen molar-refractivity contribution in [3.05, 3.63) is 54.1 Å². The number of nitrogens with one attached hydrogen (secondary N) is 1. The van der Waals surface area contributed by atoms with Crippen LogP contribution in [0.4, 0.5) is 5.69 Å². The Bertz CT molecular complexity index is 793. The lowest BCUT2D eigenvalue weighted by molar-refractivity contribution is -0.129. The average Bonchev–Trinajstić information content (AvgIpc) is 2.73. The Morgan fingerprint density at radius 1 is 1.07 bits per heavy atom. The predicted molar refractivity (Wildman–Crippen MR) is 118 cm³/mol. The van der Waals surface area contributed by atoms with Gasteiger partial charge in [-0.2, -0.15) is 0 Å². The van der Waals surface area contributed by atoms with Gasteiger partial charge >= 0.3 is 0 Å². The fraction of sp³-hybridized carbons (Fsp3) is 0.364. The highest BCUT2D eigenvalue weighted by Gasteiger charge is 2.19. The molecule has 6 nitrogen and oxygen atoms in total. The van der Waals surface area contributed by atoms with Crippen LogP contribution in [0.3, 0.4) is 0 Å². The number of methoxy groups -OCH3 is 1. The van der Waals surface area contributed by atoms with E-state index in [1.54, 1.807) is 19.1 Å². The van der Waals surface area contributed by atoms with Crippen molar-refractivity contribution in [3.8, 4) is 11.5 Å². The van der Waals surface area contributed by atoms with E-state index in [2.05, 4.69) is 5.32 Å². The van der Waals surface area contributed by atoms with Gasteiger partial charge in [-0.3, -0.25) is 9.59 Å². The molecule has 0 aliphatic carbocycles. The van der Waals surface area contributed by atoms with Crippen LogP contribution in [0.1, 0.15) is 12.5 Å². The molecule has 29 heavy (non-hydrogen) atoms. The summed E-state index contributed by atoms with van der Waals surface area (Å²) in [7, 11) is 3.35. The molecular weight excluding hydrogens is 388 g/mol. The molecule has 2 rings (SSSR count). The van der Waals surface area contributed by atoms with Gasteiger partial charge in [0.05, 0.1) is 24.7 Å². The minimum absolute atomic E-state index is 0.0310. The van der Waals surface area contributed by atoms with Gasteiger partial charge in [0.2, 0.25) is 11.8 Å². The SMILES string of the molecule is COc1ccc(OCCN(C)C(=O)C(C)SCC(=O)Nc2ccc(C)cc2)cc1. The van der Waals surface area contributed by atoms with E-state index in [0.717, 1.165) is 22.7 Å². The quantitative estimate of drug-likeness (QED) is 0.641. The number of anilines is 1. The highest BCUT2D eigenvalue weighted by molar-refractivity contribution is 8.01. The summed E-state index contributed by atoms with van der Waals surface area (Å²) >= 11 is 1.32. The lowest BCUT2D eigenvalue weighted by Crippen LogP contribution is -2.36. The number of amides is 2. The third-order valence-electron chi connectivity index (χ3n) is 4.28. The Morgan fingerprint density at radius 3 is 2.31 bits per heavy atom. The summed E-state index contributed by atoms with van der Waals surface area (Å²) in [6.45, 7) is 4.66. The number of carbonyl (C=O) groups excluding carboxylic acids is 2. The normalized spacial score (nSPS) is 11.4. The van der Waals surface area contributed by atoms with E-state index in [1.165, 1.54) is 11.8 Å². The van der Waals surface area contributed by atoms with Gasteiger partial charge < -0.3 is 19.7 Å². The zero-order chi connectivity index (χ0) is 21.2. The number of hydrogen-bond donors (Lipinski definition) is 1. The lowest BCUT2D eigenvalue weighted by Gasteiger charge is -2.21. The molecule has 0 heterocycles. The monoisotopic (exact) mass is 416 g/mol. The molecule has 0 bridgehead atoms. The van der Waals surface area contributed by atoms with E-state index >= 15 is 0 Å². The number of likely N-dealkylation sites (N-methyl/N-ethyl adjacent to an activating group) is 1. The number of rotatable bonds is 10. The summed E-state index contributed by atoms with van der Waals surface area (Å²) in [5.74, 6) is 1.56. The molecule has 2 aromatic rings. The standard InChI is InChI=1S/C22H28N2O4S/c1-16-5-7-18(8-6-16)23-21(25)15-29-17(2)22(26)24(3)13-14-28-20-11-9-19(27-4)10-12-20/h5-12,17H,13-15H2,1-4H3,(H,23,25). The first-order valence-corrected chi connectivity index (χ1v) is 10.4. The molecule has 0 saturated carbocycles. The molecule has 2 amide bonds. The summed E-state index contributed by atoms with van der Waals surface area (Å²) < 4.78 is 10.8. The van der Waals surface area contributed by atoms with E-state index in [1.807, 2.05) is 62.4 Å². The van der Waals surface area contributed by atoms with Crippen molar-refractivity contribution in [3.63, 3.8) is 0 Å². The average molecular weight is 417 g/mol. The molecule has 0 aliphatic rings. The summed E-state index contributed by atoms with van der Waals surface area (Å²) in [4.78, 5) is 26.2. The molecule has 0 aromatic heterocycles. The highest BCUT2D eigenvalue weighted by atomic mass is 32.2. The summed E-state index contributed by atoms with van der Waals surface area (Å²) in [6, 6.07) is 14.9. The Kier molecular flexibility index (Phi) is 8.86. The molecular formula is C22H28N2O4S. The predicted octanol–water partition coefficient (Wildman–Crippen LogP) is 3.60. The zero-order valence-electron chi connectivity index (χ0n) is 17.3. The van der Waals surface area contributed by atoms with E-state index in [4.69, 9.17) is 9.47 Å². The zero-order valence-corrected chi connectivity index (χ0v) is 18.1. The topological polar surface area (TPSA) is 67.9 Å². The second-order valence-corrected chi connectivity index (χ2v) is 7.98. The lowest BCUT2D eigenvalue weighted by atomic mass is 10.2. The number of carbonyl (C=O) groups is 2. The van der Waals surface area contributed by atoms with Crippen LogP contribution in [0.2, 0.25) is 0 Å². The van der Waals surface area contributed by atoms with Crippen LogP contribution < -0.4 is 14.8 Å². The van der Waals surface area contributed by atoms with Gasteiger partial charge in [-0.15, -0.1) is 11.8 Å². The van der Waals surface area contributed by atoms with Crippen molar-refractivity contribution in [2.45, 2.75) is 19.1 Å². The number of aryl methyl sites for hydroxylation is 1. The molecule has 1 N–H and O–H groups in total. The molecule has 0 radical (unpaired) electrons. The van der Waals surface area contributed by atoms with Gasteiger partial charge in [0.1, 0.15) is 18.1 Å². The second-order valence-electron chi connectivity index (χ2n) is 6.65. The summed E-state index contributed by atoms with van der Waals surface area (Å²) in [5, 5.41) is 2.52. The number of nitrogens with zero attached hydrogens (tertiary/aromatic N) is 1. The van der Waals surface area contributed by atoms with E-state index in [-0.39, 0.29) is 22.8 Å². The number of benzene rings is 2. The number of thioether (sulfide) groups is 1. The first-order valence-electron chi connectivity index (χ1n) is 9.39. The van der Waals surface area contributed by atoms with Crippen LogP contribution >= 0.6 is 11.8 Å². The maximum Gasteiger partial charge on any atom is 0.235 e. The van der Waals surface area contributed by atoms with Gasteiger partial charge in [0.15, 0.2) is 0 Å². The van der Waals surface area contributed by atoms with E-state index in [0.29, 0.717) is 13.2 Å². The van der Waals surface area contributed by atoms with Gasteiger partial charge in [-0.25, -0.2) is 0 Å². The van der Waals surface area contributed by atoms with Crippen LogP contribution in [0.25, 0.3) is 0 Å². The summed E-state index contributed by atoms with van der Waals surface area (Å²) in [5.41, 5.74) is 1.89. The maximum absolute atomic E-state index is 12.5. The van der Waals surface area contributed by atoms with Crippen LogP contribution in [-0.4, -0.2) is 55.0 Å².